The zero-order valence-corrected chi connectivity index (χ0v) is 10.6. The van der Waals surface area contributed by atoms with Crippen LogP contribution < -0.4 is 5.32 Å². The van der Waals surface area contributed by atoms with Gasteiger partial charge in [0.15, 0.2) is 0 Å². The van der Waals surface area contributed by atoms with Gasteiger partial charge in [0.25, 0.3) is 0 Å². The SMILES string of the molecule is CNC1CCCC1CCS(=O)CCOC. The topological polar surface area (TPSA) is 38.3 Å². The fourth-order valence-corrected chi connectivity index (χ4v) is 3.45. The highest BCUT2D eigenvalue weighted by atomic mass is 32.2. The Morgan fingerprint density at radius 3 is 2.87 bits per heavy atom. The van der Waals surface area contributed by atoms with Gasteiger partial charge in [-0.2, -0.15) is 0 Å². The highest BCUT2D eigenvalue weighted by Gasteiger charge is 2.25. The van der Waals surface area contributed by atoms with Crippen molar-refractivity contribution in [3.63, 3.8) is 0 Å². The van der Waals surface area contributed by atoms with Crippen molar-refractivity contribution in [2.75, 3.05) is 32.3 Å². The zero-order chi connectivity index (χ0) is 11.1. The van der Waals surface area contributed by atoms with Gasteiger partial charge in [-0.25, -0.2) is 0 Å². The third-order valence-electron chi connectivity index (χ3n) is 3.26. The molecular formula is C11H23NO2S. The van der Waals surface area contributed by atoms with Crippen LogP contribution in [0.1, 0.15) is 25.7 Å². The number of nitrogens with one attached hydrogen (secondary N) is 1. The van der Waals surface area contributed by atoms with Crippen molar-refractivity contribution < 1.29 is 8.95 Å². The van der Waals surface area contributed by atoms with E-state index in [2.05, 4.69) is 5.32 Å². The molecule has 0 amide bonds. The number of hydrogen-bond donors (Lipinski definition) is 1. The Morgan fingerprint density at radius 2 is 2.20 bits per heavy atom. The van der Waals surface area contributed by atoms with Crippen molar-refractivity contribution in [2.45, 2.75) is 31.7 Å². The molecule has 15 heavy (non-hydrogen) atoms. The highest BCUT2D eigenvalue weighted by molar-refractivity contribution is 7.84. The molecule has 1 fully saturated rings. The van der Waals surface area contributed by atoms with Gasteiger partial charge in [0.05, 0.1) is 6.61 Å². The largest absolute Gasteiger partial charge is 0.384 e. The Bertz CT molecular complexity index is 199. The van der Waals surface area contributed by atoms with E-state index in [0.717, 1.165) is 18.1 Å². The summed E-state index contributed by atoms with van der Waals surface area (Å²) in [6, 6.07) is 0.657. The first-order valence-electron chi connectivity index (χ1n) is 5.79. The van der Waals surface area contributed by atoms with Crippen molar-refractivity contribution in [1.82, 2.24) is 5.32 Å². The lowest BCUT2D eigenvalue weighted by Gasteiger charge is -2.18. The van der Waals surface area contributed by atoms with E-state index in [-0.39, 0.29) is 0 Å². The van der Waals surface area contributed by atoms with Crippen molar-refractivity contribution in [3.05, 3.63) is 0 Å². The van der Waals surface area contributed by atoms with Crippen LogP contribution in [0.4, 0.5) is 0 Å². The normalized spacial score (nSPS) is 28.1. The van der Waals surface area contributed by atoms with Gasteiger partial charge in [-0.1, -0.05) is 6.42 Å². The molecule has 1 aliphatic carbocycles. The van der Waals surface area contributed by atoms with Crippen LogP contribution in [0.25, 0.3) is 0 Å². The molecule has 0 saturated heterocycles. The van der Waals surface area contributed by atoms with E-state index in [1.54, 1.807) is 7.11 Å². The van der Waals surface area contributed by atoms with E-state index < -0.39 is 10.8 Å². The summed E-state index contributed by atoms with van der Waals surface area (Å²) in [5.41, 5.74) is 0. The van der Waals surface area contributed by atoms with E-state index in [9.17, 15) is 4.21 Å². The predicted molar refractivity (Wildman–Crippen MR) is 64.6 cm³/mol. The minimum Gasteiger partial charge on any atom is -0.384 e. The maximum absolute atomic E-state index is 11.6. The Morgan fingerprint density at radius 1 is 1.40 bits per heavy atom. The molecule has 1 rings (SSSR count). The molecule has 0 aromatic carbocycles. The first-order chi connectivity index (χ1) is 7.27. The van der Waals surface area contributed by atoms with Gasteiger partial charge in [-0.15, -0.1) is 0 Å². The summed E-state index contributed by atoms with van der Waals surface area (Å²) in [6.07, 6.45) is 5.00. The summed E-state index contributed by atoms with van der Waals surface area (Å²) in [7, 11) is 3.00. The lowest BCUT2D eigenvalue weighted by Crippen LogP contribution is -2.29. The molecule has 3 unspecified atom stereocenters. The fourth-order valence-electron chi connectivity index (χ4n) is 2.32. The molecular weight excluding hydrogens is 210 g/mol. The predicted octanol–water partition coefficient (Wildman–Crippen LogP) is 1.16. The van der Waals surface area contributed by atoms with E-state index in [0.29, 0.717) is 18.4 Å². The minimum atomic E-state index is -0.686. The second-order valence-corrected chi connectivity index (χ2v) is 5.91. The van der Waals surface area contributed by atoms with Gasteiger partial charge in [-0.05, 0) is 32.2 Å². The van der Waals surface area contributed by atoms with Crippen LogP contribution in [0.15, 0.2) is 0 Å². The van der Waals surface area contributed by atoms with E-state index in [4.69, 9.17) is 4.74 Å². The van der Waals surface area contributed by atoms with E-state index >= 15 is 0 Å². The molecule has 0 spiro atoms. The van der Waals surface area contributed by atoms with Gasteiger partial charge in [0, 0.05) is 35.5 Å². The van der Waals surface area contributed by atoms with Crippen LogP contribution in [-0.4, -0.2) is 42.5 Å². The standard InChI is InChI=1S/C11H23NO2S/c1-12-11-5-3-4-10(11)6-8-15(13)9-7-14-2/h10-12H,3-9H2,1-2H3. The van der Waals surface area contributed by atoms with E-state index in [1.165, 1.54) is 19.3 Å². The maximum atomic E-state index is 11.6. The minimum absolute atomic E-state index is 0.618. The van der Waals surface area contributed by atoms with Crippen LogP contribution in [0.2, 0.25) is 0 Å². The number of ether oxygens (including phenoxy) is 1. The molecule has 0 radical (unpaired) electrons. The van der Waals surface area contributed by atoms with Crippen molar-refractivity contribution in [2.24, 2.45) is 5.92 Å². The third-order valence-corrected chi connectivity index (χ3v) is 4.57. The highest BCUT2D eigenvalue weighted by Crippen LogP contribution is 2.28. The van der Waals surface area contributed by atoms with Crippen molar-refractivity contribution in [3.8, 4) is 0 Å². The Balaban J connectivity index is 2.15. The molecule has 1 saturated carbocycles. The Kier molecular flexibility index (Phi) is 6.45. The zero-order valence-electron chi connectivity index (χ0n) is 9.83. The average Bonchev–Trinajstić information content (AvgIpc) is 2.70. The van der Waals surface area contributed by atoms with Gasteiger partial charge >= 0.3 is 0 Å². The molecule has 3 nitrogen and oxygen atoms in total. The Labute approximate surface area is 95.4 Å². The van der Waals surface area contributed by atoms with Crippen molar-refractivity contribution >= 4 is 10.8 Å². The van der Waals surface area contributed by atoms with Crippen LogP contribution in [0.3, 0.4) is 0 Å². The lowest BCUT2D eigenvalue weighted by molar-refractivity contribution is 0.218. The van der Waals surface area contributed by atoms with Crippen LogP contribution in [0, 0.1) is 5.92 Å². The first-order valence-corrected chi connectivity index (χ1v) is 7.28. The summed E-state index contributed by atoms with van der Waals surface area (Å²) in [4.78, 5) is 0. The van der Waals surface area contributed by atoms with Gasteiger partial charge < -0.3 is 10.1 Å². The lowest BCUT2D eigenvalue weighted by atomic mass is 10.0. The molecule has 0 heterocycles. The van der Waals surface area contributed by atoms with E-state index in [1.807, 2.05) is 7.05 Å². The van der Waals surface area contributed by atoms with Crippen LogP contribution in [0.5, 0.6) is 0 Å². The van der Waals surface area contributed by atoms with Gasteiger partial charge in [0.1, 0.15) is 0 Å². The first kappa shape index (κ1) is 13.1. The summed E-state index contributed by atoms with van der Waals surface area (Å²) >= 11 is 0. The van der Waals surface area contributed by atoms with Crippen molar-refractivity contribution in [1.29, 1.82) is 0 Å². The number of methoxy groups -OCH3 is 1. The fraction of sp³-hybridized carbons (Fsp3) is 1.00. The quantitative estimate of drug-likeness (QED) is 0.717. The summed E-state index contributed by atoms with van der Waals surface area (Å²) in [5.74, 6) is 2.26. The smallest absolute Gasteiger partial charge is 0.0577 e. The molecule has 90 valence electrons. The second kappa shape index (κ2) is 7.36. The Hall–Kier alpha value is 0.0700. The maximum Gasteiger partial charge on any atom is 0.0577 e. The number of hydrogen-bond acceptors (Lipinski definition) is 3. The average molecular weight is 233 g/mol. The van der Waals surface area contributed by atoms with Gasteiger partial charge in [0.2, 0.25) is 0 Å². The molecule has 0 aliphatic heterocycles. The van der Waals surface area contributed by atoms with Crippen LogP contribution in [-0.2, 0) is 15.5 Å². The molecule has 3 atom stereocenters. The monoisotopic (exact) mass is 233 g/mol. The van der Waals surface area contributed by atoms with Gasteiger partial charge in [-0.3, -0.25) is 4.21 Å². The summed E-state index contributed by atoms with van der Waals surface area (Å²) < 4.78 is 16.5. The molecule has 0 aromatic rings. The molecule has 0 bridgehead atoms. The third kappa shape index (κ3) is 4.62. The molecule has 1 aliphatic rings. The van der Waals surface area contributed by atoms with Crippen LogP contribution >= 0.6 is 0 Å². The number of rotatable bonds is 7. The molecule has 0 aromatic heterocycles. The molecule has 4 heteroatoms. The molecule has 1 N–H and O–H groups in total. The second-order valence-electron chi connectivity index (χ2n) is 4.22. The summed E-state index contributed by atoms with van der Waals surface area (Å²) in [6.45, 7) is 0.618. The summed E-state index contributed by atoms with van der Waals surface area (Å²) in [5, 5.41) is 3.36.